The van der Waals surface area contributed by atoms with E-state index in [-0.39, 0.29) is 11.9 Å². The molecule has 2 aromatic rings. The summed E-state index contributed by atoms with van der Waals surface area (Å²) in [5.41, 5.74) is 3.43. The van der Waals surface area contributed by atoms with Gasteiger partial charge in [-0.1, -0.05) is 50.2 Å². The van der Waals surface area contributed by atoms with Crippen LogP contribution in [-0.2, 0) is 4.79 Å². The molecule has 0 saturated carbocycles. The third-order valence-electron chi connectivity index (χ3n) is 5.72. The topological polar surface area (TPSA) is 35.6 Å². The first kappa shape index (κ1) is 19.4. The van der Waals surface area contributed by atoms with E-state index in [1.54, 1.807) is 0 Å². The molecule has 1 fully saturated rings. The van der Waals surface area contributed by atoms with Gasteiger partial charge >= 0.3 is 0 Å². The second-order valence-electron chi connectivity index (χ2n) is 7.42. The Labute approximate surface area is 163 Å². The minimum absolute atomic E-state index is 0.0823. The lowest BCUT2D eigenvalue weighted by Crippen LogP contribution is -2.52. The third-order valence-corrected chi connectivity index (χ3v) is 5.72. The Morgan fingerprint density at radius 2 is 1.59 bits per heavy atom. The van der Waals surface area contributed by atoms with Crippen LogP contribution < -0.4 is 10.2 Å². The number of nitrogens with one attached hydrogen (secondary N) is 1. The molecule has 0 aromatic heterocycles. The molecule has 0 radical (unpaired) electrons. The van der Waals surface area contributed by atoms with Gasteiger partial charge in [-0.2, -0.15) is 0 Å². The molecular weight excluding hydrogens is 334 g/mol. The summed E-state index contributed by atoms with van der Waals surface area (Å²) in [7, 11) is 0. The van der Waals surface area contributed by atoms with E-state index in [4.69, 9.17) is 0 Å². The maximum absolute atomic E-state index is 12.9. The van der Waals surface area contributed by atoms with Gasteiger partial charge in [-0.3, -0.25) is 9.69 Å². The van der Waals surface area contributed by atoms with Crippen LogP contribution in [0.4, 0.5) is 11.4 Å². The molecule has 27 heavy (non-hydrogen) atoms. The van der Waals surface area contributed by atoms with Crippen molar-refractivity contribution in [3.8, 4) is 0 Å². The normalized spacial score (nSPS) is 17.4. The van der Waals surface area contributed by atoms with Crippen LogP contribution in [0.15, 0.2) is 54.6 Å². The standard InChI is InChI=1S/C23H31N3O/c1-4-18(2)21-12-8-9-13-22(21)24-23(27)19(3)25-14-16-26(17-15-25)20-10-6-5-7-11-20/h5-13,18-19H,4,14-17H2,1-3H3,(H,24,27)/t18-,19-/m0/s1. The van der Waals surface area contributed by atoms with Gasteiger partial charge in [0.2, 0.25) is 5.91 Å². The van der Waals surface area contributed by atoms with E-state index in [0.29, 0.717) is 5.92 Å². The summed E-state index contributed by atoms with van der Waals surface area (Å²) >= 11 is 0. The molecule has 0 aliphatic carbocycles. The predicted octanol–water partition coefficient (Wildman–Crippen LogP) is 4.35. The van der Waals surface area contributed by atoms with Crippen molar-refractivity contribution in [1.29, 1.82) is 0 Å². The van der Waals surface area contributed by atoms with E-state index in [9.17, 15) is 4.79 Å². The Hall–Kier alpha value is -2.33. The fraction of sp³-hybridized carbons (Fsp3) is 0.435. The van der Waals surface area contributed by atoms with Crippen LogP contribution in [0.5, 0.6) is 0 Å². The number of para-hydroxylation sites is 2. The van der Waals surface area contributed by atoms with Crippen molar-refractivity contribution in [3.05, 3.63) is 60.2 Å². The molecule has 1 saturated heterocycles. The largest absolute Gasteiger partial charge is 0.369 e. The first-order valence-corrected chi connectivity index (χ1v) is 10.0. The number of carbonyl (C=O) groups is 1. The molecule has 1 amide bonds. The Balaban J connectivity index is 1.59. The highest BCUT2D eigenvalue weighted by Gasteiger charge is 2.26. The van der Waals surface area contributed by atoms with Crippen molar-refractivity contribution < 1.29 is 4.79 Å². The van der Waals surface area contributed by atoms with Gasteiger partial charge in [0, 0.05) is 37.6 Å². The number of hydrogen-bond donors (Lipinski definition) is 1. The molecule has 2 aromatic carbocycles. The number of nitrogens with zero attached hydrogens (tertiary/aromatic N) is 2. The van der Waals surface area contributed by atoms with Gasteiger partial charge in [0.15, 0.2) is 0 Å². The van der Waals surface area contributed by atoms with E-state index in [1.807, 2.05) is 31.2 Å². The van der Waals surface area contributed by atoms with Crippen molar-refractivity contribution in [2.75, 3.05) is 36.4 Å². The van der Waals surface area contributed by atoms with Gasteiger partial charge in [0.1, 0.15) is 0 Å². The first-order valence-electron chi connectivity index (χ1n) is 10.0. The highest BCUT2D eigenvalue weighted by Crippen LogP contribution is 2.27. The number of anilines is 2. The summed E-state index contributed by atoms with van der Waals surface area (Å²) in [6, 6.07) is 18.5. The second kappa shape index (κ2) is 9.05. The van der Waals surface area contributed by atoms with Gasteiger partial charge in [0.05, 0.1) is 6.04 Å². The molecule has 1 aliphatic rings. The van der Waals surface area contributed by atoms with Gasteiger partial charge < -0.3 is 10.2 Å². The molecule has 2 atom stereocenters. The van der Waals surface area contributed by atoms with Gasteiger partial charge in [0.25, 0.3) is 0 Å². The van der Waals surface area contributed by atoms with Crippen LogP contribution >= 0.6 is 0 Å². The molecule has 1 heterocycles. The predicted molar refractivity (Wildman–Crippen MR) is 113 cm³/mol. The van der Waals surface area contributed by atoms with Gasteiger partial charge in [-0.15, -0.1) is 0 Å². The molecule has 0 bridgehead atoms. The maximum Gasteiger partial charge on any atom is 0.241 e. The second-order valence-corrected chi connectivity index (χ2v) is 7.42. The molecule has 1 aliphatic heterocycles. The molecule has 0 unspecified atom stereocenters. The molecule has 4 nitrogen and oxygen atoms in total. The molecule has 4 heteroatoms. The number of rotatable bonds is 6. The smallest absolute Gasteiger partial charge is 0.241 e. The summed E-state index contributed by atoms with van der Waals surface area (Å²) in [6.45, 7) is 10.1. The van der Waals surface area contributed by atoms with E-state index >= 15 is 0 Å². The minimum atomic E-state index is -0.132. The highest BCUT2D eigenvalue weighted by atomic mass is 16.2. The molecule has 144 valence electrons. The number of piperazine rings is 1. The van der Waals surface area contributed by atoms with E-state index < -0.39 is 0 Å². The average molecular weight is 366 g/mol. The third kappa shape index (κ3) is 4.69. The lowest BCUT2D eigenvalue weighted by atomic mass is 9.97. The number of benzene rings is 2. The summed E-state index contributed by atoms with van der Waals surface area (Å²) in [5.74, 6) is 0.519. The highest BCUT2D eigenvalue weighted by molar-refractivity contribution is 5.95. The Morgan fingerprint density at radius 1 is 0.963 bits per heavy atom. The molecule has 1 N–H and O–H groups in total. The Bertz CT molecular complexity index is 738. The lowest BCUT2D eigenvalue weighted by molar-refractivity contribution is -0.120. The van der Waals surface area contributed by atoms with E-state index in [1.165, 1.54) is 11.3 Å². The van der Waals surface area contributed by atoms with E-state index in [0.717, 1.165) is 38.3 Å². The van der Waals surface area contributed by atoms with Crippen LogP contribution in [0.2, 0.25) is 0 Å². The fourth-order valence-corrected chi connectivity index (χ4v) is 3.67. The first-order chi connectivity index (χ1) is 13.1. The zero-order valence-electron chi connectivity index (χ0n) is 16.7. The lowest BCUT2D eigenvalue weighted by Gasteiger charge is -2.38. The van der Waals surface area contributed by atoms with Crippen LogP contribution in [0.1, 0.15) is 38.7 Å². The number of amides is 1. The number of hydrogen-bond acceptors (Lipinski definition) is 3. The van der Waals surface area contributed by atoms with Crippen LogP contribution in [-0.4, -0.2) is 43.0 Å². The van der Waals surface area contributed by atoms with Crippen LogP contribution in [0.25, 0.3) is 0 Å². The van der Waals surface area contributed by atoms with Crippen LogP contribution in [0.3, 0.4) is 0 Å². The average Bonchev–Trinajstić information content (AvgIpc) is 2.73. The quantitative estimate of drug-likeness (QED) is 0.827. The summed E-state index contributed by atoms with van der Waals surface area (Å²) in [5, 5.41) is 3.17. The fourth-order valence-electron chi connectivity index (χ4n) is 3.67. The molecular formula is C23H31N3O. The van der Waals surface area contributed by atoms with Crippen molar-refractivity contribution in [2.24, 2.45) is 0 Å². The maximum atomic E-state index is 12.9. The zero-order chi connectivity index (χ0) is 19.2. The summed E-state index contributed by atoms with van der Waals surface area (Å²) < 4.78 is 0. The number of carbonyl (C=O) groups excluding carboxylic acids is 1. The van der Waals surface area contributed by atoms with Crippen molar-refractivity contribution in [1.82, 2.24) is 4.90 Å². The van der Waals surface area contributed by atoms with Crippen molar-refractivity contribution in [3.63, 3.8) is 0 Å². The summed E-state index contributed by atoms with van der Waals surface area (Å²) in [4.78, 5) is 17.5. The van der Waals surface area contributed by atoms with Gasteiger partial charge in [-0.05, 0) is 43.0 Å². The monoisotopic (exact) mass is 365 g/mol. The van der Waals surface area contributed by atoms with Crippen molar-refractivity contribution >= 4 is 17.3 Å². The SMILES string of the molecule is CC[C@H](C)c1ccccc1NC(=O)[C@H](C)N1CCN(c2ccccc2)CC1. The van der Waals surface area contributed by atoms with Crippen LogP contribution in [0, 0.1) is 0 Å². The summed E-state index contributed by atoms with van der Waals surface area (Å²) in [6.07, 6.45) is 1.06. The van der Waals surface area contributed by atoms with E-state index in [2.05, 4.69) is 59.3 Å². The Kier molecular flexibility index (Phi) is 6.51. The van der Waals surface area contributed by atoms with Gasteiger partial charge in [-0.25, -0.2) is 0 Å². The molecule has 0 spiro atoms. The molecule has 3 rings (SSSR count). The zero-order valence-corrected chi connectivity index (χ0v) is 16.7. The Morgan fingerprint density at radius 3 is 2.26 bits per heavy atom. The van der Waals surface area contributed by atoms with Crippen molar-refractivity contribution in [2.45, 2.75) is 39.2 Å². The minimum Gasteiger partial charge on any atom is -0.369 e.